The summed E-state index contributed by atoms with van der Waals surface area (Å²) in [6.07, 6.45) is 1.56. The molecule has 1 aromatic carbocycles. The Morgan fingerprint density at radius 1 is 1.12 bits per heavy atom. The molecule has 0 aliphatic heterocycles. The molecule has 0 fully saturated rings. The van der Waals surface area contributed by atoms with Crippen LogP contribution in [0.5, 0.6) is 0 Å². The van der Waals surface area contributed by atoms with Crippen molar-refractivity contribution in [3.8, 4) is 0 Å². The fourth-order valence-electron chi connectivity index (χ4n) is 2.27. The molecule has 6 nitrogen and oxygen atoms in total. The molecule has 128 valence electrons. The molecule has 2 aromatic rings. The average Bonchev–Trinajstić information content (AvgIpc) is 3.11. The Morgan fingerprint density at radius 3 is 2.58 bits per heavy atom. The lowest BCUT2D eigenvalue weighted by molar-refractivity contribution is -0.117. The number of hydrogen-bond donors (Lipinski definition) is 2. The molecule has 6 heteroatoms. The molecule has 0 bridgehead atoms. The van der Waals surface area contributed by atoms with Crippen LogP contribution in [0.3, 0.4) is 0 Å². The van der Waals surface area contributed by atoms with Crippen LogP contribution in [0.4, 0.5) is 5.69 Å². The molecule has 0 aliphatic carbocycles. The molecule has 2 N–H and O–H groups in total. The van der Waals surface area contributed by atoms with E-state index in [2.05, 4.69) is 10.6 Å². The van der Waals surface area contributed by atoms with E-state index in [9.17, 15) is 9.59 Å². The number of carbonyl (C=O) groups excluding carboxylic acids is 2. The van der Waals surface area contributed by atoms with Crippen molar-refractivity contribution in [3.63, 3.8) is 0 Å². The van der Waals surface area contributed by atoms with Gasteiger partial charge in [0.1, 0.15) is 5.76 Å². The van der Waals surface area contributed by atoms with Gasteiger partial charge in [0.15, 0.2) is 0 Å². The van der Waals surface area contributed by atoms with Gasteiger partial charge in [-0.2, -0.15) is 0 Å². The number of anilines is 1. The maximum absolute atomic E-state index is 12.2. The average molecular weight is 329 g/mol. The quantitative estimate of drug-likeness (QED) is 0.780. The lowest BCUT2D eigenvalue weighted by Gasteiger charge is -2.17. The van der Waals surface area contributed by atoms with Crippen molar-refractivity contribution < 1.29 is 14.0 Å². The fourth-order valence-corrected chi connectivity index (χ4v) is 2.27. The van der Waals surface area contributed by atoms with Gasteiger partial charge in [0, 0.05) is 11.3 Å². The van der Waals surface area contributed by atoms with Crippen molar-refractivity contribution in [3.05, 3.63) is 54.0 Å². The summed E-state index contributed by atoms with van der Waals surface area (Å²) in [4.78, 5) is 26.2. The van der Waals surface area contributed by atoms with E-state index in [1.165, 1.54) is 0 Å². The Balaban J connectivity index is 1.92. The van der Waals surface area contributed by atoms with Crippen LogP contribution in [0, 0.1) is 0 Å². The minimum absolute atomic E-state index is 0.0909. The molecule has 1 aromatic heterocycles. The van der Waals surface area contributed by atoms with Gasteiger partial charge in [0.05, 0.1) is 19.4 Å². The van der Waals surface area contributed by atoms with Crippen molar-refractivity contribution >= 4 is 17.5 Å². The van der Waals surface area contributed by atoms with Crippen LogP contribution in [0.1, 0.15) is 30.0 Å². The van der Waals surface area contributed by atoms with Crippen LogP contribution in [-0.2, 0) is 11.3 Å². The highest BCUT2D eigenvalue weighted by Gasteiger charge is 2.10. The summed E-state index contributed by atoms with van der Waals surface area (Å²) in [7, 11) is 0. The molecule has 0 spiro atoms. The van der Waals surface area contributed by atoms with Gasteiger partial charge in [-0.3, -0.25) is 14.5 Å². The monoisotopic (exact) mass is 329 g/mol. The third-order valence-electron chi connectivity index (χ3n) is 3.67. The summed E-state index contributed by atoms with van der Waals surface area (Å²) >= 11 is 0. The minimum atomic E-state index is -0.216. The number of amides is 2. The molecule has 2 amide bonds. The van der Waals surface area contributed by atoms with Gasteiger partial charge < -0.3 is 15.1 Å². The van der Waals surface area contributed by atoms with Crippen LogP contribution in [-0.4, -0.2) is 36.3 Å². The highest BCUT2D eigenvalue weighted by atomic mass is 16.3. The maximum Gasteiger partial charge on any atom is 0.251 e. The molecule has 1 heterocycles. The Bertz CT molecular complexity index is 664. The Kier molecular flexibility index (Phi) is 6.57. The summed E-state index contributed by atoms with van der Waals surface area (Å²) in [5.41, 5.74) is 1.10. The third-order valence-corrected chi connectivity index (χ3v) is 3.67. The normalized spacial score (nSPS) is 10.6. The van der Waals surface area contributed by atoms with Gasteiger partial charge >= 0.3 is 0 Å². The number of hydrogen-bond acceptors (Lipinski definition) is 4. The topological polar surface area (TPSA) is 74.6 Å². The Hall–Kier alpha value is -2.60. The van der Waals surface area contributed by atoms with E-state index in [1.54, 1.807) is 42.7 Å². The summed E-state index contributed by atoms with van der Waals surface area (Å²) in [6.45, 7) is 6.33. The molecule has 0 radical (unpaired) electrons. The van der Waals surface area contributed by atoms with Gasteiger partial charge in [-0.25, -0.2) is 0 Å². The Labute approximate surface area is 141 Å². The zero-order chi connectivity index (χ0) is 17.4. The summed E-state index contributed by atoms with van der Waals surface area (Å²) in [6, 6.07) is 10.4. The van der Waals surface area contributed by atoms with Gasteiger partial charge in [-0.1, -0.05) is 19.9 Å². The highest BCUT2D eigenvalue weighted by molar-refractivity contribution is 5.97. The van der Waals surface area contributed by atoms with Crippen molar-refractivity contribution in [2.24, 2.45) is 0 Å². The van der Waals surface area contributed by atoms with Crippen molar-refractivity contribution in [2.45, 2.75) is 20.4 Å². The van der Waals surface area contributed by atoms with E-state index in [0.29, 0.717) is 30.1 Å². The van der Waals surface area contributed by atoms with E-state index in [1.807, 2.05) is 18.7 Å². The number of nitrogens with one attached hydrogen (secondary N) is 2. The maximum atomic E-state index is 12.2. The number of likely N-dealkylation sites (N-methyl/N-ethyl adjacent to an activating group) is 1. The Morgan fingerprint density at radius 2 is 1.92 bits per heavy atom. The van der Waals surface area contributed by atoms with Gasteiger partial charge in [0.25, 0.3) is 5.91 Å². The first-order chi connectivity index (χ1) is 11.6. The van der Waals surface area contributed by atoms with E-state index >= 15 is 0 Å². The molecule has 24 heavy (non-hydrogen) atoms. The number of nitrogens with zero attached hydrogens (tertiary/aromatic N) is 1. The van der Waals surface area contributed by atoms with E-state index in [-0.39, 0.29) is 11.8 Å². The summed E-state index contributed by atoms with van der Waals surface area (Å²) < 4.78 is 5.18. The second-order valence-corrected chi connectivity index (χ2v) is 5.35. The molecule has 2 rings (SSSR count). The highest BCUT2D eigenvalue weighted by Crippen LogP contribution is 2.11. The van der Waals surface area contributed by atoms with Crippen molar-refractivity contribution in [1.82, 2.24) is 10.2 Å². The second-order valence-electron chi connectivity index (χ2n) is 5.35. The molecule has 0 saturated heterocycles. The molecule has 0 atom stereocenters. The minimum Gasteiger partial charge on any atom is -0.467 e. The zero-order valence-electron chi connectivity index (χ0n) is 14.0. The third kappa shape index (κ3) is 5.24. The van der Waals surface area contributed by atoms with Gasteiger partial charge in [-0.05, 0) is 43.4 Å². The lowest BCUT2D eigenvalue weighted by atomic mass is 10.2. The zero-order valence-corrected chi connectivity index (χ0v) is 14.0. The first-order valence-corrected chi connectivity index (χ1v) is 8.05. The van der Waals surface area contributed by atoms with Gasteiger partial charge in [0.2, 0.25) is 5.91 Å². The number of carbonyl (C=O) groups is 2. The number of rotatable bonds is 8. The van der Waals surface area contributed by atoms with Crippen LogP contribution in [0.25, 0.3) is 0 Å². The first kappa shape index (κ1) is 17.7. The number of furan rings is 1. The molecule has 0 saturated carbocycles. The van der Waals surface area contributed by atoms with Crippen LogP contribution < -0.4 is 10.6 Å². The summed E-state index contributed by atoms with van der Waals surface area (Å²) in [5.74, 6) is 0.380. The standard InChI is InChI=1S/C18H23N3O3/c1-3-21(4-2)13-17(22)20-15-8-5-7-14(11-15)18(23)19-12-16-9-6-10-24-16/h5-11H,3-4,12-13H2,1-2H3,(H,19,23)(H,20,22). The molecule has 0 unspecified atom stereocenters. The van der Waals surface area contributed by atoms with E-state index < -0.39 is 0 Å². The molecule has 0 aliphatic rings. The molecular weight excluding hydrogens is 306 g/mol. The molecular formula is C18H23N3O3. The fraction of sp³-hybridized carbons (Fsp3) is 0.333. The van der Waals surface area contributed by atoms with Crippen molar-refractivity contribution in [1.29, 1.82) is 0 Å². The first-order valence-electron chi connectivity index (χ1n) is 8.05. The van der Waals surface area contributed by atoms with Crippen LogP contribution in [0.15, 0.2) is 47.1 Å². The largest absolute Gasteiger partial charge is 0.467 e. The van der Waals surface area contributed by atoms with E-state index in [4.69, 9.17) is 4.42 Å². The van der Waals surface area contributed by atoms with Crippen molar-refractivity contribution in [2.75, 3.05) is 25.0 Å². The number of benzene rings is 1. The SMILES string of the molecule is CCN(CC)CC(=O)Nc1cccc(C(=O)NCc2ccco2)c1. The van der Waals surface area contributed by atoms with Gasteiger partial charge in [-0.15, -0.1) is 0 Å². The smallest absolute Gasteiger partial charge is 0.251 e. The lowest BCUT2D eigenvalue weighted by Crippen LogP contribution is -2.33. The predicted molar refractivity (Wildman–Crippen MR) is 92.7 cm³/mol. The van der Waals surface area contributed by atoms with E-state index in [0.717, 1.165) is 13.1 Å². The van der Waals surface area contributed by atoms with Crippen LogP contribution >= 0.6 is 0 Å². The van der Waals surface area contributed by atoms with Crippen LogP contribution in [0.2, 0.25) is 0 Å². The summed E-state index contributed by atoms with van der Waals surface area (Å²) in [5, 5.41) is 5.61. The second kappa shape index (κ2) is 8.88. The predicted octanol–water partition coefficient (Wildman–Crippen LogP) is 2.49.